The SMILES string of the molecule is CCC(C)OCc1cc(C)c(CNC(C)C)o1. The number of hydrogen-bond acceptors (Lipinski definition) is 3. The van der Waals surface area contributed by atoms with Gasteiger partial charge in [-0.3, -0.25) is 0 Å². The number of furan rings is 1. The molecule has 98 valence electrons. The van der Waals surface area contributed by atoms with Gasteiger partial charge in [0, 0.05) is 6.04 Å². The number of rotatable bonds is 7. The Hall–Kier alpha value is -0.800. The monoisotopic (exact) mass is 239 g/mol. The molecule has 1 unspecified atom stereocenters. The molecule has 1 aromatic heterocycles. The maximum Gasteiger partial charge on any atom is 0.130 e. The summed E-state index contributed by atoms with van der Waals surface area (Å²) in [5.41, 5.74) is 1.20. The van der Waals surface area contributed by atoms with Gasteiger partial charge in [-0.1, -0.05) is 20.8 Å². The normalized spacial score (nSPS) is 13.3. The highest BCUT2D eigenvalue weighted by Crippen LogP contribution is 2.16. The molecule has 0 saturated heterocycles. The van der Waals surface area contributed by atoms with Crippen LogP contribution in [0.2, 0.25) is 0 Å². The summed E-state index contributed by atoms with van der Waals surface area (Å²) in [5.74, 6) is 1.94. The van der Waals surface area contributed by atoms with Crippen molar-refractivity contribution in [2.75, 3.05) is 0 Å². The van der Waals surface area contributed by atoms with Crippen LogP contribution in [-0.2, 0) is 17.9 Å². The lowest BCUT2D eigenvalue weighted by atomic mass is 10.2. The Balaban J connectivity index is 2.49. The molecule has 0 aromatic carbocycles. The number of ether oxygens (including phenoxy) is 1. The van der Waals surface area contributed by atoms with Crippen LogP contribution < -0.4 is 5.32 Å². The fraction of sp³-hybridized carbons (Fsp3) is 0.714. The Labute approximate surface area is 105 Å². The first-order valence-corrected chi connectivity index (χ1v) is 6.46. The van der Waals surface area contributed by atoms with Gasteiger partial charge in [-0.25, -0.2) is 0 Å². The van der Waals surface area contributed by atoms with E-state index in [1.54, 1.807) is 0 Å². The molecule has 1 heterocycles. The van der Waals surface area contributed by atoms with Crippen molar-refractivity contribution in [3.8, 4) is 0 Å². The third kappa shape index (κ3) is 4.92. The van der Waals surface area contributed by atoms with Gasteiger partial charge in [0.15, 0.2) is 0 Å². The molecule has 17 heavy (non-hydrogen) atoms. The number of aryl methyl sites for hydroxylation is 1. The van der Waals surface area contributed by atoms with Gasteiger partial charge < -0.3 is 14.5 Å². The summed E-state index contributed by atoms with van der Waals surface area (Å²) in [5, 5.41) is 3.36. The molecule has 3 nitrogen and oxygen atoms in total. The maximum absolute atomic E-state index is 5.77. The van der Waals surface area contributed by atoms with Crippen molar-refractivity contribution in [2.45, 2.75) is 66.3 Å². The van der Waals surface area contributed by atoms with Gasteiger partial charge >= 0.3 is 0 Å². The zero-order valence-corrected chi connectivity index (χ0v) is 11.7. The summed E-state index contributed by atoms with van der Waals surface area (Å²) >= 11 is 0. The van der Waals surface area contributed by atoms with E-state index in [9.17, 15) is 0 Å². The topological polar surface area (TPSA) is 34.4 Å². The summed E-state index contributed by atoms with van der Waals surface area (Å²) in [6.45, 7) is 11.9. The van der Waals surface area contributed by atoms with E-state index < -0.39 is 0 Å². The van der Waals surface area contributed by atoms with E-state index in [1.165, 1.54) is 5.56 Å². The minimum absolute atomic E-state index is 0.289. The zero-order chi connectivity index (χ0) is 12.8. The van der Waals surface area contributed by atoms with Gasteiger partial charge in [0.1, 0.15) is 18.1 Å². The molecular formula is C14H25NO2. The highest BCUT2D eigenvalue weighted by atomic mass is 16.5. The van der Waals surface area contributed by atoms with E-state index >= 15 is 0 Å². The average molecular weight is 239 g/mol. The van der Waals surface area contributed by atoms with Crippen LogP contribution in [0.4, 0.5) is 0 Å². The van der Waals surface area contributed by atoms with Crippen LogP contribution in [0, 0.1) is 6.92 Å². The fourth-order valence-corrected chi connectivity index (χ4v) is 1.48. The summed E-state index contributed by atoms with van der Waals surface area (Å²) < 4.78 is 11.4. The molecule has 1 N–H and O–H groups in total. The van der Waals surface area contributed by atoms with Crippen molar-refractivity contribution in [3.63, 3.8) is 0 Å². The second kappa shape index (κ2) is 6.82. The largest absolute Gasteiger partial charge is 0.462 e. The first-order chi connectivity index (χ1) is 8.02. The first-order valence-electron chi connectivity index (χ1n) is 6.46. The third-order valence-corrected chi connectivity index (χ3v) is 2.83. The van der Waals surface area contributed by atoms with Crippen molar-refractivity contribution in [2.24, 2.45) is 0 Å². The van der Waals surface area contributed by atoms with Gasteiger partial charge in [-0.15, -0.1) is 0 Å². The lowest BCUT2D eigenvalue weighted by Crippen LogP contribution is -2.21. The van der Waals surface area contributed by atoms with E-state index in [2.05, 4.69) is 46.0 Å². The molecule has 0 fully saturated rings. The van der Waals surface area contributed by atoms with E-state index in [1.807, 2.05) is 0 Å². The van der Waals surface area contributed by atoms with E-state index in [0.29, 0.717) is 12.6 Å². The molecule has 3 heteroatoms. The lowest BCUT2D eigenvalue weighted by Gasteiger charge is -2.08. The molecule has 0 radical (unpaired) electrons. The minimum Gasteiger partial charge on any atom is -0.462 e. The standard InChI is InChI=1S/C14H25NO2/c1-6-12(5)16-9-13-7-11(4)14(17-13)8-15-10(2)3/h7,10,12,15H,6,8-9H2,1-5H3. The Morgan fingerprint density at radius 2 is 2.06 bits per heavy atom. The summed E-state index contributed by atoms with van der Waals surface area (Å²) in [7, 11) is 0. The van der Waals surface area contributed by atoms with Crippen LogP contribution in [0.25, 0.3) is 0 Å². The fourth-order valence-electron chi connectivity index (χ4n) is 1.48. The first kappa shape index (κ1) is 14.3. The van der Waals surface area contributed by atoms with Gasteiger partial charge in [-0.2, -0.15) is 0 Å². The maximum atomic E-state index is 5.77. The number of hydrogen-bond donors (Lipinski definition) is 1. The Bertz CT molecular complexity index is 331. The van der Waals surface area contributed by atoms with E-state index in [0.717, 1.165) is 24.5 Å². The molecule has 0 bridgehead atoms. The van der Waals surface area contributed by atoms with Crippen LogP contribution in [0.1, 0.15) is 51.2 Å². The predicted molar refractivity (Wildman–Crippen MR) is 70.0 cm³/mol. The van der Waals surface area contributed by atoms with Crippen molar-refractivity contribution in [1.29, 1.82) is 0 Å². The second-order valence-corrected chi connectivity index (χ2v) is 4.88. The van der Waals surface area contributed by atoms with Gasteiger partial charge in [0.05, 0.1) is 12.6 Å². The Morgan fingerprint density at radius 1 is 1.35 bits per heavy atom. The Kier molecular flexibility index (Phi) is 5.72. The van der Waals surface area contributed by atoms with Crippen LogP contribution in [0.5, 0.6) is 0 Å². The zero-order valence-electron chi connectivity index (χ0n) is 11.7. The molecule has 1 aromatic rings. The van der Waals surface area contributed by atoms with Gasteiger partial charge in [0.2, 0.25) is 0 Å². The second-order valence-electron chi connectivity index (χ2n) is 4.88. The minimum atomic E-state index is 0.289. The lowest BCUT2D eigenvalue weighted by molar-refractivity contribution is 0.0400. The molecule has 1 atom stereocenters. The molecule has 0 spiro atoms. The number of nitrogens with one attached hydrogen (secondary N) is 1. The van der Waals surface area contributed by atoms with Crippen LogP contribution >= 0.6 is 0 Å². The van der Waals surface area contributed by atoms with Crippen molar-refractivity contribution in [1.82, 2.24) is 5.32 Å². The Morgan fingerprint density at radius 3 is 2.65 bits per heavy atom. The quantitative estimate of drug-likeness (QED) is 0.792. The summed E-state index contributed by atoms with van der Waals surface area (Å²) in [4.78, 5) is 0. The van der Waals surface area contributed by atoms with Crippen LogP contribution in [-0.4, -0.2) is 12.1 Å². The van der Waals surface area contributed by atoms with Crippen LogP contribution in [0.15, 0.2) is 10.5 Å². The van der Waals surface area contributed by atoms with E-state index in [-0.39, 0.29) is 6.10 Å². The average Bonchev–Trinajstić information content (AvgIpc) is 2.64. The van der Waals surface area contributed by atoms with Gasteiger partial charge in [0.25, 0.3) is 0 Å². The molecular weight excluding hydrogens is 214 g/mol. The molecule has 0 saturated carbocycles. The van der Waals surface area contributed by atoms with Gasteiger partial charge in [-0.05, 0) is 31.9 Å². The van der Waals surface area contributed by atoms with E-state index in [4.69, 9.17) is 9.15 Å². The van der Waals surface area contributed by atoms with Crippen LogP contribution in [0.3, 0.4) is 0 Å². The smallest absolute Gasteiger partial charge is 0.130 e. The van der Waals surface area contributed by atoms with Crippen molar-refractivity contribution >= 4 is 0 Å². The van der Waals surface area contributed by atoms with Crippen molar-refractivity contribution < 1.29 is 9.15 Å². The molecule has 0 amide bonds. The summed E-state index contributed by atoms with van der Waals surface area (Å²) in [6.07, 6.45) is 1.32. The molecule has 0 aliphatic heterocycles. The molecule has 0 aliphatic carbocycles. The molecule has 0 aliphatic rings. The highest BCUT2D eigenvalue weighted by Gasteiger charge is 2.09. The summed E-state index contributed by atoms with van der Waals surface area (Å²) in [6, 6.07) is 2.54. The molecule has 1 rings (SSSR count). The van der Waals surface area contributed by atoms with Crippen molar-refractivity contribution in [3.05, 3.63) is 23.2 Å². The predicted octanol–water partition coefficient (Wildman–Crippen LogP) is 3.40. The highest BCUT2D eigenvalue weighted by molar-refractivity contribution is 5.19. The third-order valence-electron chi connectivity index (χ3n) is 2.83.